The van der Waals surface area contributed by atoms with Crippen molar-refractivity contribution in [1.82, 2.24) is 14.2 Å². The van der Waals surface area contributed by atoms with Crippen LogP contribution in [0.4, 0.5) is 0 Å². The lowest BCUT2D eigenvalue weighted by Crippen LogP contribution is -2.24. The van der Waals surface area contributed by atoms with E-state index >= 15 is 0 Å². The highest BCUT2D eigenvalue weighted by atomic mass is 79.9. The monoisotopic (exact) mass is 439 g/mol. The summed E-state index contributed by atoms with van der Waals surface area (Å²) in [4.78, 5) is 12.9. The second-order valence-electron chi connectivity index (χ2n) is 6.41. The maximum Gasteiger partial charge on any atom is 0.276 e. The molecule has 0 spiro atoms. The number of aliphatic hydroxyl groups is 1. The molecule has 4 rings (SSSR count). The first-order valence-corrected chi connectivity index (χ1v) is 9.51. The summed E-state index contributed by atoms with van der Waals surface area (Å²) < 4.78 is 9.25. The number of nitrogens with zero attached hydrogens (tertiary/aromatic N) is 3. The maximum absolute atomic E-state index is 12.9. The van der Waals surface area contributed by atoms with E-state index in [0.717, 1.165) is 21.3 Å². The molecule has 7 heteroatoms. The summed E-state index contributed by atoms with van der Waals surface area (Å²) in [5.74, 6) is 0.726. The number of rotatable bonds is 5. The summed E-state index contributed by atoms with van der Waals surface area (Å²) in [7, 11) is 1.61. The molecule has 4 aromatic rings. The van der Waals surface area contributed by atoms with E-state index in [0.29, 0.717) is 11.2 Å². The second kappa shape index (κ2) is 7.61. The van der Waals surface area contributed by atoms with Crippen molar-refractivity contribution in [3.8, 4) is 17.0 Å². The zero-order valence-electron chi connectivity index (χ0n) is 15.1. The Morgan fingerprint density at radius 3 is 2.68 bits per heavy atom. The number of methoxy groups -OCH3 is 1. The van der Waals surface area contributed by atoms with Gasteiger partial charge in [0, 0.05) is 22.4 Å². The highest BCUT2D eigenvalue weighted by Gasteiger charge is 2.13. The number of hydrogen-bond acceptors (Lipinski definition) is 4. The van der Waals surface area contributed by atoms with Crippen LogP contribution < -0.4 is 10.3 Å². The quantitative estimate of drug-likeness (QED) is 0.514. The molecule has 2 aromatic heterocycles. The number of halogens is 1. The van der Waals surface area contributed by atoms with Crippen molar-refractivity contribution >= 4 is 21.4 Å². The van der Waals surface area contributed by atoms with Crippen LogP contribution >= 0.6 is 15.9 Å². The van der Waals surface area contributed by atoms with Crippen molar-refractivity contribution in [2.45, 2.75) is 12.6 Å². The summed E-state index contributed by atoms with van der Waals surface area (Å²) in [6.45, 7) is 0.163. The van der Waals surface area contributed by atoms with E-state index in [-0.39, 0.29) is 12.1 Å². The van der Waals surface area contributed by atoms with Crippen LogP contribution in [0.5, 0.6) is 5.75 Å². The molecule has 142 valence electrons. The van der Waals surface area contributed by atoms with Crippen LogP contribution in [0.3, 0.4) is 0 Å². The van der Waals surface area contributed by atoms with Gasteiger partial charge in [0.05, 0.1) is 25.5 Å². The van der Waals surface area contributed by atoms with Gasteiger partial charge in [-0.2, -0.15) is 5.10 Å². The second-order valence-corrected chi connectivity index (χ2v) is 7.33. The van der Waals surface area contributed by atoms with Gasteiger partial charge in [-0.25, -0.2) is 4.52 Å². The Hall–Kier alpha value is -2.90. The fourth-order valence-electron chi connectivity index (χ4n) is 3.07. The molecule has 2 heterocycles. The van der Waals surface area contributed by atoms with Gasteiger partial charge in [0.25, 0.3) is 5.56 Å². The summed E-state index contributed by atoms with van der Waals surface area (Å²) >= 11 is 3.38. The molecule has 28 heavy (non-hydrogen) atoms. The zero-order chi connectivity index (χ0) is 19.7. The molecule has 1 atom stereocenters. The molecule has 0 aliphatic carbocycles. The van der Waals surface area contributed by atoms with E-state index in [9.17, 15) is 9.90 Å². The molecule has 0 saturated carbocycles. The predicted molar refractivity (Wildman–Crippen MR) is 111 cm³/mol. The summed E-state index contributed by atoms with van der Waals surface area (Å²) in [5, 5.41) is 15.0. The van der Waals surface area contributed by atoms with Gasteiger partial charge in [-0.1, -0.05) is 40.2 Å². The number of aromatic nitrogens is 3. The Balaban J connectivity index is 1.67. The van der Waals surface area contributed by atoms with Crippen LogP contribution in [0.2, 0.25) is 0 Å². The SMILES string of the molecule is COc1cccc(-c2cc3c(=O)n(CC(O)c4ccc(Br)cc4)ccn3n2)c1. The summed E-state index contributed by atoms with van der Waals surface area (Å²) in [5.41, 5.74) is 2.54. The minimum atomic E-state index is -0.783. The predicted octanol–water partition coefficient (Wildman–Crippen LogP) is 3.67. The van der Waals surface area contributed by atoms with E-state index in [2.05, 4.69) is 21.0 Å². The lowest BCUT2D eigenvalue weighted by molar-refractivity contribution is 0.155. The molecule has 0 aliphatic rings. The first kappa shape index (κ1) is 18.5. The molecule has 0 saturated heterocycles. The van der Waals surface area contributed by atoms with E-state index in [1.807, 2.05) is 48.5 Å². The van der Waals surface area contributed by atoms with Crippen LogP contribution in [0, 0.1) is 0 Å². The van der Waals surface area contributed by atoms with Crippen molar-refractivity contribution in [2.24, 2.45) is 0 Å². The maximum atomic E-state index is 12.9. The Morgan fingerprint density at radius 1 is 1.14 bits per heavy atom. The van der Waals surface area contributed by atoms with Gasteiger partial charge in [-0.05, 0) is 35.9 Å². The smallest absolute Gasteiger partial charge is 0.276 e. The summed E-state index contributed by atoms with van der Waals surface area (Å²) in [6.07, 6.45) is 2.57. The van der Waals surface area contributed by atoms with E-state index in [1.54, 1.807) is 30.1 Å². The summed E-state index contributed by atoms with van der Waals surface area (Å²) in [6, 6.07) is 16.7. The minimum Gasteiger partial charge on any atom is -0.497 e. The van der Waals surface area contributed by atoms with E-state index in [4.69, 9.17) is 4.74 Å². The van der Waals surface area contributed by atoms with Gasteiger partial charge in [0.2, 0.25) is 0 Å². The number of aliphatic hydroxyl groups excluding tert-OH is 1. The standard InChI is InChI=1S/C21H18BrN3O3/c1-28-17-4-2-3-15(11-17)18-12-19-21(27)24(9-10-25(19)23-18)13-20(26)14-5-7-16(22)8-6-14/h2-12,20,26H,13H2,1H3. The van der Waals surface area contributed by atoms with Gasteiger partial charge in [0.15, 0.2) is 0 Å². The average Bonchev–Trinajstić information content (AvgIpc) is 3.16. The van der Waals surface area contributed by atoms with Gasteiger partial charge in [-0.15, -0.1) is 0 Å². The Morgan fingerprint density at radius 2 is 1.93 bits per heavy atom. The third-order valence-corrected chi connectivity index (χ3v) is 5.12. The number of ether oxygens (including phenoxy) is 1. The van der Waals surface area contributed by atoms with Crippen molar-refractivity contribution in [3.05, 3.63) is 87.4 Å². The Labute approximate surface area is 169 Å². The third-order valence-electron chi connectivity index (χ3n) is 4.59. The molecule has 0 bridgehead atoms. The van der Waals surface area contributed by atoms with Crippen LogP contribution in [0.25, 0.3) is 16.8 Å². The van der Waals surface area contributed by atoms with Crippen LogP contribution in [0.15, 0.2) is 76.3 Å². The van der Waals surface area contributed by atoms with Crippen molar-refractivity contribution in [3.63, 3.8) is 0 Å². The molecular formula is C21H18BrN3O3. The number of hydrogen-bond donors (Lipinski definition) is 1. The Kier molecular flexibility index (Phi) is 5.02. The molecule has 0 radical (unpaired) electrons. The molecule has 0 amide bonds. The highest BCUT2D eigenvalue weighted by Crippen LogP contribution is 2.23. The third kappa shape index (κ3) is 3.58. The lowest BCUT2D eigenvalue weighted by Gasteiger charge is -2.13. The lowest BCUT2D eigenvalue weighted by atomic mass is 10.1. The zero-order valence-corrected chi connectivity index (χ0v) is 16.7. The normalized spacial score (nSPS) is 12.2. The number of fused-ring (bicyclic) bond motifs is 1. The van der Waals surface area contributed by atoms with E-state index in [1.165, 1.54) is 4.57 Å². The topological polar surface area (TPSA) is 68.8 Å². The first-order chi connectivity index (χ1) is 13.5. The van der Waals surface area contributed by atoms with Crippen LogP contribution in [0.1, 0.15) is 11.7 Å². The fourth-order valence-corrected chi connectivity index (χ4v) is 3.33. The van der Waals surface area contributed by atoms with Crippen molar-refractivity contribution in [2.75, 3.05) is 7.11 Å². The van der Waals surface area contributed by atoms with Gasteiger partial charge >= 0.3 is 0 Å². The first-order valence-electron chi connectivity index (χ1n) is 8.72. The average molecular weight is 440 g/mol. The minimum absolute atomic E-state index is 0.163. The molecular weight excluding hydrogens is 422 g/mol. The highest BCUT2D eigenvalue weighted by molar-refractivity contribution is 9.10. The molecule has 1 N–H and O–H groups in total. The van der Waals surface area contributed by atoms with Gasteiger partial charge < -0.3 is 14.4 Å². The molecule has 0 fully saturated rings. The molecule has 0 aliphatic heterocycles. The van der Waals surface area contributed by atoms with Crippen LogP contribution in [-0.2, 0) is 6.54 Å². The molecule has 2 aromatic carbocycles. The van der Waals surface area contributed by atoms with Gasteiger partial charge in [0.1, 0.15) is 11.3 Å². The van der Waals surface area contributed by atoms with Crippen LogP contribution in [-0.4, -0.2) is 26.4 Å². The van der Waals surface area contributed by atoms with Crippen molar-refractivity contribution in [1.29, 1.82) is 0 Å². The van der Waals surface area contributed by atoms with Crippen molar-refractivity contribution < 1.29 is 9.84 Å². The Bertz CT molecular complexity index is 1180. The number of benzene rings is 2. The molecule has 1 unspecified atom stereocenters. The van der Waals surface area contributed by atoms with Gasteiger partial charge in [-0.3, -0.25) is 4.79 Å². The fraction of sp³-hybridized carbons (Fsp3) is 0.143. The molecule has 6 nitrogen and oxygen atoms in total. The largest absolute Gasteiger partial charge is 0.497 e. The van der Waals surface area contributed by atoms with E-state index < -0.39 is 6.10 Å².